The van der Waals surface area contributed by atoms with Crippen molar-refractivity contribution in [1.82, 2.24) is 0 Å². The molecule has 20 heavy (non-hydrogen) atoms. The van der Waals surface area contributed by atoms with Crippen LogP contribution in [0.25, 0.3) is 6.08 Å². The summed E-state index contributed by atoms with van der Waals surface area (Å²) in [4.78, 5) is 27.4. The number of ketones is 1. The van der Waals surface area contributed by atoms with Crippen LogP contribution in [0.2, 0.25) is 5.02 Å². The van der Waals surface area contributed by atoms with Crippen molar-refractivity contribution in [3.63, 3.8) is 0 Å². The topological polar surface area (TPSA) is 55.7 Å². The van der Waals surface area contributed by atoms with E-state index in [0.717, 1.165) is 5.56 Å². The SMILES string of the molecule is CCN=CC(C(=O)C=Cc1ccc(Cl)cc1)C(=O)OC. The van der Waals surface area contributed by atoms with E-state index in [1.807, 2.05) is 6.92 Å². The highest BCUT2D eigenvalue weighted by Crippen LogP contribution is 2.11. The van der Waals surface area contributed by atoms with Gasteiger partial charge in [0, 0.05) is 17.8 Å². The number of rotatable bonds is 6. The fourth-order valence-electron chi connectivity index (χ4n) is 1.44. The van der Waals surface area contributed by atoms with E-state index in [0.29, 0.717) is 11.6 Å². The minimum Gasteiger partial charge on any atom is -0.468 e. The number of hydrogen-bond donors (Lipinski definition) is 0. The predicted molar refractivity (Wildman–Crippen MR) is 80.0 cm³/mol. The van der Waals surface area contributed by atoms with E-state index < -0.39 is 11.9 Å². The van der Waals surface area contributed by atoms with E-state index in [9.17, 15) is 9.59 Å². The summed E-state index contributed by atoms with van der Waals surface area (Å²) in [6.45, 7) is 2.32. The van der Waals surface area contributed by atoms with Crippen molar-refractivity contribution in [2.75, 3.05) is 13.7 Å². The Morgan fingerprint density at radius 3 is 2.55 bits per heavy atom. The van der Waals surface area contributed by atoms with Crippen LogP contribution < -0.4 is 0 Å². The van der Waals surface area contributed by atoms with Crippen LogP contribution in [0.4, 0.5) is 0 Å². The van der Waals surface area contributed by atoms with Crippen LogP contribution in [-0.2, 0) is 14.3 Å². The molecule has 0 amide bonds. The van der Waals surface area contributed by atoms with Crippen molar-refractivity contribution in [2.45, 2.75) is 6.92 Å². The Bertz CT molecular complexity index is 520. The Labute approximate surface area is 123 Å². The van der Waals surface area contributed by atoms with Crippen molar-refractivity contribution in [2.24, 2.45) is 10.9 Å². The molecule has 0 aliphatic rings. The first-order chi connectivity index (χ1) is 9.58. The lowest BCUT2D eigenvalue weighted by atomic mass is 10.0. The molecule has 0 aromatic heterocycles. The zero-order valence-corrected chi connectivity index (χ0v) is 12.1. The van der Waals surface area contributed by atoms with Crippen molar-refractivity contribution >= 4 is 35.6 Å². The summed E-state index contributed by atoms with van der Waals surface area (Å²) in [6, 6.07) is 7.00. The summed E-state index contributed by atoms with van der Waals surface area (Å²) in [5.41, 5.74) is 0.818. The molecule has 1 aromatic rings. The predicted octanol–water partition coefficient (Wildman–Crippen LogP) is 2.80. The fraction of sp³-hybridized carbons (Fsp3) is 0.267. The van der Waals surface area contributed by atoms with Gasteiger partial charge in [-0.1, -0.05) is 29.8 Å². The van der Waals surface area contributed by atoms with Gasteiger partial charge in [0.05, 0.1) is 7.11 Å². The van der Waals surface area contributed by atoms with Crippen molar-refractivity contribution in [1.29, 1.82) is 0 Å². The van der Waals surface area contributed by atoms with Crippen LogP contribution in [0.1, 0.15) is 12.5 Å². The van der Waals surface area contributed by atoms with Gasteiger partial charge < -0.3 is 4.74 Å². The number of methoxy groups -OCH3 is 1. The molecule has 0 aliphatic carbocycles. The van der Waals surface area contributed by atoms with Crippen LogP contribution in [0.3, 0.4) is 0 Å². The fourth-order valence-corrected chi connectivity index (χ4v) is 1.57. The Balaban J connectivity index is 2.82. The maximum absolute atomic E-state index is 12.0. The number of ether oxygens (including phenoxy) is 1. The first kappa shape index (κ1) is 16.1. The second kappa shape index (κ2) is 8.27. The van der Waals surface area contributed by atoms with E-state index in [1.165, 1.54) is 19.4 Å². The summed E-state index contributed by atoms with van der Waals surface area (Å²) in [5.74, 6) is -1.99. The lowest BCUT2D eigenvalue weighted by molar-refractivity contribution is -0.145. The minimum atomic E-state index is -0.997. The monoisotopic (exact) mass is 293 g/mol. The first-order valence-corrected chi connectivity index (χ1v) is 6.51. The second-order valence-corrected chi connectivity index (χ2v) is 4.37. The number of aliphatic imine (C=N–C) groups is 1. The van der Waals surface area contributed by atoms with Crippen LogP contribution in [0.15, 0.2) is 35.3 Å². The molecule has 1 atom stereocenters. The highest BCUT2D eigenvalue weighted by atomic mass is 35.5. The third kappa shape index (κ3) is 4.97. The third-order valence-electron chi connectivity index (χ3n) is 2.51. The zero-order valence-electron chi connectivity index (χ0n) is 11.4. The molecule has 0 fully saturated rings. The van der Waals surface area contributed by atoms with Crippen LogP contribution in [0, 0.1) is 5.92 Å². The van der Waals surface area contributed by atoms with Gasteiger partial charge in [0.15, 0.2) is 11.7 Å². The molecule has 0 N–H and O–H groups in total. The molecule has 106 valence electrons. The van der Waals surface area contributed by atoms with Gasteiger partial charge >= 0.3 is 5.97 Å². The molecular weight excluding hydrogens is 278 g/mol. The number of nitrogens with zero attached hydrogens (tertiary/aromatic N) is 1. The van der Waals surface area contributed by atoms with E-state index in [1.54, 1.807) is 30.3 Å². The van der Waals surface area contributed by atoms with Gasteiger partial charge in [-0.25, -0.2) is 0 Å². The molecule has 4 nitrogen and oxygen atoms in total. The number of benzene rings is 1. The average Bonchev–Trinajstić information content (AvgIpc) is 2.46. The molecule has 5 heteroatoms. The van der Waals surface area contributed by atoms with Gasteiger partial charge in [0.2, 0.25) is 0 Å². The van der Waals surface area contributed by atoms with E-state index in [2.05, 4.69) is 9.73 Å². The van der Waals surface area contributed by atoms with Gasteiger partial charge in [-0.3, -0.25) is 14.6 Å². The summed E-state index contributed by atoms with van der Waals surface area (Å²) < 4.78 is 4.60. The number of carbonyl (C=O) groups is 2. The molecule has 0 saturated heterocycles. The van der Waals surface area contributed by atoms with E-state index in [4.69, 9.17) is 11.6 Å². The van der Waals surface area contributed by atoms with Crippen LogP contribution in [-0.4, -0.2) is 31.6 Å². The summed E-state index contributed by atoms with van der Waals surface area (Å²) in [7, 11) is 1.24. The Morgan fingerprint density at radius 2 is 2.00 bits per heavy atom. The van der Waals surface area contributed by atoms with Gasteiger partial charge in [0.25, 0.3) is 0 Å². The van der Waals surface area contributed by atoms with Crippen molar-refractivity contribution in [3.05, 3.63) is 40.9 Å². The summed E-state index contributed by atoms with van der Waals surface area (Å²) in [5, 5.41) is 0.621. The van der Waals surface area contributed by atoms with Gasteiger partial charge in [-0.15, -0.1) is 0 Å². The largest absolute Gasteiger partial charge is 0.468 e. The van der Waals surface area contributed by atoms with Crippen molar-refractivity contribution < 1.29 is 14.3 Å². The lowest BCUT2D eigenvalue weighted by Crippen LogP contribution is -2.25. The summed E-state index contributed by atoms with van der Waals surface area (Å²) >= 11 is 5.77. The molecule has 0 aliphatic heterocycles. The molecule has 0 spiro atoms. The molecule has 1 unspecified atom stereocenters. The van der Waals surface area contributed by atoms with Crippen molar-refractivity contribution in [3.8, 4) is 0 Å². The number of allylic oxidation sites excluding steroid dienone is 1. The molecule has 1 aromatic carbocycles. The quantitative estimate of drug-likeness (QED) is 0.351. The third-order valence-corrected chi connectivity index (χ3v) is 2.76. The second-order valence-electron chi connectivity index (χ2n) is 3.94. The number of esters is 1. The zero-order chi connectivity index (χ0) is 15.0. The number of hydrogen-bond acceptors (Lipinski definition) is 4. The van der Waals surface area contributed by atoms with Crippen LogP contribution >= 0.6 is 11.6 Å². The number of halogens is 1. The molecule has 0 bridgehead atoms. The Morgan fingerprint density at radius 1 is 1.35 bits per heavy atom. The van der Waals surface area contributed by atoms with Crippen LogP contribution in [0.5, 0.6) is 0 Å². The highest BCUT2D eigenvalue weighted by Gasteiger charge is 2.23. The highest BCUT2D eigenvalue weighted by molar-refractivity contribution is 6.30. The first-order valence-electron chi connectivity index (χ1n) is 6.13. The molecule has 1 rings (SSSR count). The standard InChI is InChI=1S/C15H16ClNO3/c1-3-17-10-13(15(19)20-2)14(18)9-6-11-4-7-12(16)8-5-11/h4-10,13H,3H2,1-2H3. The smallest absolute Gasteiger partial charge is 0.322 e. The molecule has 0 heterocycles. The number of carbonyl (C=O) groups excluding carboxylic acids is 2. The molecule has 0 radical (unpaired) electrons. The minimum absolute atomic E-state index is 0.371. The molecule has 0 saturated carbocycles. The van der Waals surface area contributed by atoms with E-state index in [-0.39, 0.29) is 5.78 Å². The van der Waals surface area contributed by atoms with Gasteiger partial charge in [-0.05, 0) is 30.7 Å². The van der Waals surface area contributed by atoms with Gasteiger partial charge in [0.1, 0.15) is 0 Å². The van der Waals surface area contributed by atoms with Gasteiger partial charge in [-0.2, -0.15) is 0 Å². The Hall–Kier alpha value is -1.94. The average molecular weight is 294 g/mol. The van der Waals surface area contributed by atoms with E-state index >= 15 is 0 Å². The summed E-state index contributed by atoms with van der Waals surface area (Å²) in [6.07, 6.45) is 4.28. The molecular formula is C15H16ClNO3. The maximum Gasteiger partial charge on any atom is 0.322 e. The Kier molecular flexibility index (Phi) is 6.67. The maximum atomic E-state index is 12.0. The normalized spacial score (nSPS) is 12.8. The lowest BCUT2D eigenvalue weighted by Gasteiger charge is -2.05.